The van der Waals surface area contributed by atoms with Gasteiger partial charge in [-0.1, -0.05) is 81.4 Å². The zero-order valence-electron chi connectivity index (χ0n) is 29.9. The highest BCUT2D eigenvalue weighted by Crippen LogP contribution is 2.44. The van der Waals surface area contributed by atoms with E-state index >= 15 is 0 Å². The van der Waals surface area contributed by atoms with Gasteiger partial charge in [-0.15, -0.1) is 10.2 Å². The van der Waals surface area contributed by atoms with E-state index in [0.717, 1.165) is 43.7 Å². The van der Waals surface area contributed by atoms with E-state index in [-0.39, 0.29) is 5.04 Å². The summed E-state index contributed by atoms with van der Waals surface area (Å²) in [5.74, 6) is 3.01. The second-order valence-corrected chi connectivity index (χ2v) is 21.0. The molecule has 1 spiro atoms. The minimum atomic E-state index is -2.65. The van der Waals surface area contributed by atoms with Crippen LogP contribution < -0.4 is 10.4 Å². The van der Waals surface area contributed by atoms with Crippen molar-refractivity contribution in [2.24, 2.45) is 12.5 Å². The minimum absolute atomic E-state index is 0.0772. The Morgan fingerprint density at radius 1 is 0.796 bits per heavy atom. The van der Waals surface area contributed by atoms with E-state index in [1.54, 1.807) is 0 Å². The van der Waals surface area contributed by atoms with Crippen LogP contribution in [0.3, 0.4) is 0 Å². The lowest BCUT2D eigenvalue weighted by Gasteiger charge is -2.58. The number of hydrogen-bond donors (Lipinski definition) is 0. The van der Waals surface area contributed by atoms with Crippen molar-refractivity contribution in [3.8, 4) is 0 Å². The van der Waals surface area contributed by atoms with Gasteiger partial charge in [0, 0.05) is 43.7 Å². The summed E-state index contributed by atoms with van der Waals surface area (Å²) >= 11 is 0. The Balaban J connectivity index is 0.886. The maximum Gasteiger partial charge on any atom is 0.261 e. The van der Waals surface area contributed by atoms with Crippen LogP contribution in [0.15, 0.2) is 73.1 Å². The molecule has 4 aromatic rings. The predicted molar refractivity (Wildman–Crippen MR) is 196 cm³/mol. The number of ether oxygens (including phenoxy) is 1. The number of aromatic nitrogens is 5. The van der Waals surface area contributed by atoms with Crippen LogP contribution in [0, 0.1) is 5.41 Å². The van der Waals surface area contributed by atoms with E-state index in [0.29, 0.717) is 29.9 Å². The molecule has 2 aliphatic carbocycles. The monoisotopic (exact) mass is 678 g/mol. The summed E-state index contributed by atoms with van der Waals surface area (Å²) in [7, 11) is -0.520. The molecule has 0 amide bonds. The summed E-state index contributed by atoms with van der Waals surface area (Å²) in [5, 5.41) is 16.9. The zero-order chi connectivity index (χ0) is 33.6. The van der Waals surface area contributed by atoms with Crippen molar-refractivity contribution in [3.63, 3.8) is 0 Å². The molecule has 0 N–H and O–H groups in total. The Hall–Kier alpha value is -3.11. The van der Waals surface area contributed by atoms with Crippen LogP contribution in [0.1, 0.15) is 107 Å². The van der Waals surface area contributed by atoms with E-state index in [1.165, 1.54) is 67.6 Å². The average Bonchev–Trinajstić information content (AvgIpc) is 3.72. The molecule has 4 fully saturated rings. The molecule has 0 bridgehead atoms. The van der Waals surface area contributed by atoms with E-state index < -0.39 is 8.32 Å². The second-order valence-electron chi connectivity index (χ2n) is 16.6. The third-order valence-corrected chi connectivity index (χ3v) is 17.5. The summed E-state index contributed by atoms with van der Waals surface area (Å²) < 4.78 is 17.2. The number of benzene rings is 2. The first-order chi connectivity index (χ1) is 23.7. The topological polar surface area (TPSA) is 70.2 Å². The van der Waals surface area contributed by atoms with E-state index in [4.69, 9.17) is 24.5 Å². The first-order valence-electron chi connectivity index (χ1n) is 18.7. The molecule has 49 heavy (non-hydrogen) atoms. The molecule has 2 aromatic carbocycles. The summed E-state index contributed by atoms with van der Waals surface area (Å²) in [6.07, 6.45) is 14.2. The Labute approximate surface area is 293 Å². The highest BCUT2D eigenvalue weighted by molar-refractivity contribution is 6.99. The summed E-state index contributed by atoms with van der Waals surface area (Å²) in [6.45, 7) is 11.9. The predicted octanol–water partition coefficient (Wildman–Crippen LogP) is 6.35. The van der Waals surface area contributed by atoms with Gasteiger partial charge in [0.25, 0.3) is 8.32 Å². The van der Waals surface area contributed by atoms with Gasteiger partial charge in [0.15, 0.2) is 5.82 Å². The van der Waals surface area contributed by atoms with Crippen molar-refractivity contribution in [3.05, 3.63) is 90.3 Å². The van der Waals surface area contributed by atoms with Crippen LogP contribution in [0.4, 0.5) is 0 Å². The van der Waals surface area contributed by atoms with Gasteiger partial charge in [0.1, 0.15) is 5.82 Å². The van der Waals surface area contributed by atoms with Crippen molar-refractivity contribution in [2.45, 2.75) is 108 Å². The summed E-state index contributed by atoms with van der Waals surface area (Å²) in [6, 6.07) is 23.0. The van der Waals surface area contributed by atoms with Gasteiger partial charge in [-0.05, 0) is 78.3 Å². The van der Waals surface area contributed by atoms with Gasteiger partial charge >= 0.3 is 0 Å². The Morgan fingerprint density at radius 3 is 1.96 bits per heavy atom. The van der Waals surface area contributed by atoms with Crippen LogP contribution in [-0.2, 0) is 22.8 Å². The Morgan fingerprint density at radius 2 is 1.39 bits per heavy atom. The molecule has 2 saturated carbocycles. The molecule has 2 aromatic heterocycles. The molecule has 260 valence electrons. The van der Waals surface area contributed by atoms with Gasteiger partial charge < -0.3 is 13.7 Å². The van der Waals surface area contributed by atoms with Gasteiger partial charge in [-0.25, -0.2) is 0 Å². The molecular weight excluding hydrogens is 625 g/mol. The van der Waals surface area contributed by atoms with Crippen LogP contribution in [0.5, 0.6) is 0 Å². The highest BCUT2D eigenvalue weighted by atomic mass is 28.4. The van der Waals surface area contributed by atoms with E-state index in [2.05, 4.69) is 115 Å². The standard InChI is InChI=1S/C40H54N6O2Si/c1-39(2,3)49(35-11-7-5-8-12-35,36-13-9-6-10-14-36)48-25-37-42-43-38(44(37)4)31-17-15-30(16-18-31)32-23-41-46(24-32)34-21-19-33(20-22-34)45-26-40(27-45)28-47-29-40/h5-14,23-24,30-31,33-34H,15-22,25-29H2,1-4H3. The Bertz CT molecular complexity index is 1650. The Kier molecular flexibility index (Phi) is 8.91. The number of rotatable bonds is 9. The number of hydrogen-bond acceptors (Lipinski definition) is 6. The lowest BCUT2D eigenvalue weighted by Crippen LogP contribution is -2.68. The number of nitrogens with zero attached hydrogens (tertiary/aromatic N) is 6. The molecular formula is C40H54N6O2Si. The molecule has 0 unspecified atom stereocenters. The third kappa shape index (κ3) is 6.15. The molecule has 8 nitrogen and oxygen atoms in total. The van der Waals surface area contributed by atoms with E-state index in [9.17, 15) is 0 Å². The van der Waals surface area contributed by atoms with Crippen LogP contribution in [0.25, 0.3) is 0 Å². The van der Waals surface area contributed by atoms with Crippen molar-refractivity contribution < 1.29 is 9.16 Å². The van der Waals surface area contributed by atoms with Gasteiger partial charge in [0.05, 0.1) is 32.1 Å². The molecule has 8 rings (SSSR count). The van der Waals surface area contributed by atoms with Crippen molar-refractivity contribution in [1.82, 2.24) is 29.4 Å². The van der Waals surface area contributed by atoms with E-state index in [1.807, 2.05) is 0 Å². The largest absolute Gasteiger partial charge is 0.400 e. The SMILES string of the molecule is Cn1c(CO[Si](c2ccccc2)(c2ccccc2)C(C)(C)C)nnc1C1CCC(c2cnn(C3CCC(N4CC5(COC5)C4)CC3)c2)CC1. The van der Waals surface area contributed by atoms with Crippen LogP contribution in [-0.4, -0.2) is 70.1 Å². The average molecular weight is 679 g/mol. The van der Waals surface area contributed by atoms with Gasteiger partial charge in [-0.2, -0.15) is 5.10 Å². The van der Waals surface area contributed by atoms with Crippen molar-refractivity contribution in [2.75, 3.05) is 26.3 Å². The molecule has 2 aliphatic heterocycles. The smallest absolute Gasteiger partial charge is 0.261 e. The molecule has 0 atom stereocenters. The molecule has 0 radical (unpaired) electrons. The van der Waals surface area contributed by atoms with Crippen LogP contribution in [0.2, 0.25) is 5.04 Å². The lowest BCUT2D eigenvalue weighted by molar-refractivity contribution is -0.200. The highest BCUT2D eigenvalue weighted by Gasteiger charge is 2.51. The third-order valence-electron chi connectivity index (χ3n) is 12.5. The molecule has 9 heteroatoms. The maximum absolute atomic E-state index is 7.20. The fraction of sp³-hybridized carbons (Fsp3) is 0.575. The van der Waals surface area contributed by atoms with Gasteiger partial charge in [0.2, 0.25) is 0 Å². The van der Waals surface area contributed by atoms with Gasteiger partial charge in [-0.3, -0.25) is 9.58 Å². The fourth-order valence-corrected chi connectivity index (χ4v) is 14.1. The normalized spacial score (nSPS) is 26.0. The molecule has 2 saturated heterocycles. The first-order valence-corrected chi connectivity index (χ1v) is 20.6. The first kappa shape index (κ1) is 33.1. The second kappa shape index (κ2) is 13.2. The molecule has 4 heterocycles. The summed E-state index contributed by atoms with van der Waals surface area (Å²) in [4.78, 5) is 2.72. The quantitative estimate of drug-likeness (QED) is 0.193. The van der Waals surface area contributed by atoms with Crippen molar-refractivity contribution >= 4 is 18.7 Å². The lowest BCUT2D eigenvalue weighted by atomic mass is 9.75. The zero-order valence-corrected chi connectivity index (χ0v) is 30.9. The van der Waals surface area contributed by atoms with Crippen LogP contribution >= 0.6 is 0 Å². The summed E-state index contributed by atoms with van der Waals surface area (Å²) in [5.41, 5.74) is 1.94. The number of likely N-dealkylation sites (tertiary alicyclic amines) is 1. The van der Waals surface area contributed by atoms with Crippen molar-refractivity contribution in [1.29, 1.82) is 0 Å². The minimum Gasteiger partial charge on any atom is -0.400 e. The fourth-order valence-electron chi connectivity index (χ4n) is 9.57. The maximum atomic E-state index is 7.20. The molecule has 4 aliphatic rings.